The number of nitrogens with zero attached hydrogens (tertiary/aromatic N) is 4. The average molecular weight is 391 g/mol. The number of benzene rings is 2. The van der Waals surface area contributed by atoms with Crippen LogP contribution in [-0.2, 0) is 6.54 Å². The summed E-state index contributed by atoms with van der Waals surface area (Å²) in [5.74, 6) is 0.342. The third-order valence-electron chi connectivity index (χ3n) is 5.55. The Bertz CT molecular complexity index is 1050. The summed E-state index contributed by atoms with van der Waals surface area (Å²) in [5, 5.41) is 11.1. The van der Waals surface area contributed by atoms with Gasteiger partial charge in [0.2, 0.25) is 0 Å². The summed E-state index contributed by atoms with van der Waals surface area (Å²) in [6.45, 7) is 6.43. The van der Waals surface area contributed by atoms with Gasteiger partial charge in [-0.1, -0.05) is 24.3 Å². The van der Waals surface area contributed by atoms with E-state index in [2.05, 4.69) is 22.6 Å². The molecule has 2 amide bonds. The zero-order chi connectivity index (χ0) is 20.4. The van der Waals surface area contributed by atoms with Crippen molar-refractivity contribution in [3.8, 4) is 0 Å². The highest BCUT2D eigenvalue weighted by atomic mass is 16.2. The first-order valence-electron chi connectivity index (χ1n) is 10.1. The van der Waals surface area contributed by atoms with Crippen molar-refractivity contribution in [1.29, 1.82) is 0 Å². The summed E-state index contributed by atoms with van der Waals surface area (Å²) < 4.78 is 1.78. The zero-order valence-electron chi connectivity index (χ0n) is 16.8. The molecular weight excluding hydrogens is 366 g/mol. The van der Waals surface area contributed by atoms with E-state index in [-0.39, 0.29) is 11.8 Å². The number of fused-ring (bicyclic) bond motifs is 1. The number of carbonyl (C=O) groups excluding carboxylic acids is 2. The molecule has 150 valence electrons. The molecule has 7 heteroatoms. The average Bonchev–Trinajstić information content (AvgIpc) is 3.16. The van der Waals surface area contributed by atoms with E-state index in [4.69, 9.17) is 0 Å². The van der Waals surface area contributed by atoms with Crippen LogP contribution in [0.15, 0.2) is 42.5 Å². The minimum Gasteiger partial charge on any atom is -0.339 e. The predicted molar refractivity (Wildman–Crippen MR) is 112 cm³/mol. The summed E-state index contributed by atoms with van der Waals surface area (Å²) in [5.41, 5.74) is 3.09. The highest BCUT2D eigenvalue weighted by molar-refractivity contribution is 6.09. The number of anilines is 1. The Hall–Kier alpha value is -3.22. The number of nitrogens with one attached hydrogen (secondary N) is 1. The molecule has 0 bridgehead atoms. The third-order valence-corrected chi connectivity index (χ3v) is 5.55. The molecule has 1 N–H and O–H groups in total. The molecule has 2 heterocycles. The second-order valence-corrected chi connectivity index (χ2v) is 7.58. The van der Waals surface area contributed by atoms with Crippen molar-refractivity contribution in [3.63, 3.8) is 0 Å². The second kappa shape index (κ2) is 8.03. The number of hydrogen-bond acceptors (Lipinski definition) is 4. The van der Waals surface area contributed by atoms with Crippen molar-refractivity contribution < 1.29 is 9.59 Å². The molecular formula is C22H25N5O2. The van der Waals surface area contributed by atoms with Gasteiger partial charge in [-0.15, -0.1) is 5.10 Å². The number of hydrogen-bond donors (Lipinski definition) is 1. The summed E-state index contributed by atoms with van der Waals surface area (Å²) in [6, 6.07) is 12.5. The lowest BCUT2D eigenvalue weighted by atomic mass is 9.98. The fourth-order valence-electron chi connectivity index (χ4n) is 3.70. The molecule has 0 aliphatic carbocycles. The molecule has 0 spiro atoms. The smallest absolute Gasteiger partial charge is 0.255 e. The van der Waals surface area contributed by atoms with Crippen LogP contribution in [0.4, 0.5) is 5.69 Å². The Kier molecular flexibility index (Phi) is 5.29. The molecule has 0 unspecified atom stereocenters. The molecule has 0 saturated carbocycles. The van der Waals surface area contributed by atoms with E-state index in [1.54, 1.807) is 28.9 Å². The standard InChI is InChI=1S/C22H25N5O2/c1-3-27-20-9-8-16(14-19(20)24-25-27)21(28)23-18-7-5-4-6-17(18)22(29)26-12-10-15(2)11-13-26/h4-9,14-15H,3,10-13H2,1-2H3,(H,23,28). The number of piperidine rings is 1. The van der Waals surface area contributed by atoms with E-state index in [0.717, 1.165) is 31.4 Å². The first-order chi connectivity index (χ1) is 14.1. The number of amides is 2. The number of carbonyl (C=O) groups is 2. The number of para-hydroxylation sites is 1. The molecule has 2 aromatic carbocycles. The van der Waals surface area contributed by atoms with Crippen LogP contribution in [0.2, 0.25) is 0 Å². The molecule has 0 atom stereocenters. The summed E-state index contributed by atoms with van der Waals surface area (Å²) in [7, 11) is 0. The van der Waals surface area contributed by atoms with E-state index in [1.165, 1.54) is 0 Å². The van der Waals surface area contributed by atoms with Crippen LogP contribution in [0.25, 0.3) is 11.0 Å². The van der Waals surface area contributed by atoms with Gasteiger partial charge in [-0.05, 0) is 56.0 Å². The quantitative estimate of drug-likeness (QED) is 0.737. The molecule has 3 aromatic rings. The number of aryl methyl sites for hydroxylation is 1. The van der Waals surface area contributed by atoms with E-state index >= 15 is 0 Å². The van der Waals surface area contributed by atoms with Gasteiger partial charge in [0.05, 0.1) is 16.8 Å². The predicted octanol–water partition coefficient (Wildman–Crippen LogP) is 3.58. The van der Waals surface area contributed by atoms with Crippen molar-refractivity contribution in [2.45, 2.75) is 33.2 Å². The topological polar surface area (TPSA) is 80.1 Å². The van der Waals surface area contributed by atoms with Gasteiger partial charge in [-0.2, -0.15) is 0 Å². The number of aromatic nitrogens is 3. The summed E-state index contributed by atoms with van der Waals surface area (Å²) in [6.07, 6.45) is 2.03. The minimum absolute atomic E-state index is 0.0332. The molecule has 1 fully saturated rings. The second-order valence-electron chi connectivity index (χ2n) is 7.58. The van der Waals surface area contributed by atoms with Crippen LogP contribution in [0, 0.1) is 5.92 Å². The lowest BCUT2D eigenvalue weighted by Gasteiger charge is -2.30. The molecule has 1 aromatic heterocycles. The van der Waals surface area contributed by atoms with Crippen molar-refractivity contribution >= 4 is 28.5 Å². The molecule has 1 aliphatic rings. The van der Waals surface area contributed by atoms with Crippen LogP contribution in [-0.4, -0.2) is 44.8 Å². The maximum Gasteiger partial charge on any atom is 0.255 e. The van der Waals surface area contributed by atoms with Crippen LogP contribution in [0.1, 0.15) is 47.4 Å². The molecule has 7 nitrogen and oxygen atoms in total. The molecule has 4 rings (SSSR count). The monoisotopic (exact) mass is 391 g/mol. The highest BCUT2D eigenvalue weighted by Gasteiger charge is 2.23. The van der Waals surface area contributed by atoms with Crippen molar-refractivity contribution in [3.05, 3.63) is 53.6 Å². The first kappa shape index (κ1) is 19.1. The van der Waals surface area contributed by atoms with E-state index in [9.17, 15) is 9.59 Å². The van der Waals surface area contributed by atoms with E-state index in [1.807, 2.05) is 30.0 Å². The number of likely N-dealkylation sites (tertiary alicyclic amines) is 1. The van der Waals surface area contributed by atoms with Gasteiger partial charge in [-0.3, -0.25) is 9.59 Å². The molecule has 0 radical (unpaired) electrons. The van der Waals surface area contributed by atoms with Gasteiger partial charge in [-0.25, -0.2) is 4.68 Å². The Labute approximate surface area is 169 Å². The fourth-order valence-corrected chi connectivity index (χ4v) is 3.70. The van der Waals surface area contributed by atoms with Gasteiger partial charge in [0.15, 0.2) is 0 Å². The van der Waals surface area contributed by atoms with Gasteiger partial charge in [0, 0.05) is 25.2 Å². The van der Waals surface area contributed by atoms with Gasteiger partial charge in [0.25, 0.3) is 11.8 Å². The minimum atomic E-state index is -0.273. The van der Waals surface area contributed by atoms with Crippen LogP contribution < -0.4 is 5.32 Å². The van der Waals surface area contributed by atoms with E-state index in [0.29, 0.717) is 34.8 Å². The SMILES string of the molecule is CCn1nnc2cc(C(=O)Nc3ccccc3C(=O)N3CCC(C)CC3)ccc21. The largest absolute Gasteiger partial charge is 0.339 e. The lowest BCUT2D eigenvalue weighted by molar-refractivity contribution is 0.0698. The Morgan fingerprint density at radius 1 is 1.14 bits per heavy atom. The van der Waals surface area contributed by atoms with Crippen molar-refractivity contribution in [2.75, 3.05) is 18.4 Å². The first-order valence-corrected chi connectivity index (χ1v) is 10.1. The maximum atomic E-state index is 13.0. The van der Waals surface area contributed by atoms with Gasteiger partial charge < -0.3 is 10.2 Å². The van der Waals surface area contributed by atoms with E-state index < -0.39 is 0 Å². The van der Waals surface area contributed by atoms with Crippen LogP contribution in [0.5, 0.6) is 0 Å². The zero-order valence-corrected chi connectivity index (χ0v) is 16.8. The molecule has 1 aliphatic heterocycles. The highest BCUT2D eigenvalue weighted by Crippen LogP contribution is 2.23. The Morgan fingerprint density at radius 2 is 1.90 bits per heavy atom. The third kappa shape index (κ3) is 3.85. The summed E-state index contributed by atoms with van der Waals surface area (Å²) >= 11 is 0. The van der Waals surface area contributed by atoms with Crippen LogP contribution >= 0.6 is 0 Å². The molecule has 29 heavy (non-hydrogen) atoms. The van der Waals surface area contributed by atoms with Gasteiger partial charge >= 0.3 is 0 Å². The fraction of sp³-hybridized carbons (Fsp3) is 0.364. The summed E-state index contributed by atoms with van der Waals surface area (Å²) in [4.78, 5) is 27.7. The molecule has 1 saturated heterocycles. The van der Waals surface area contributed by atoms with Crippen LogP contribution in [0.3, 0.4) is 0 Å². The maximum absolute atomic E-state index is 13.0. The Balaban J connectivity index is 1.55. The number of rotatable bonds is 4. The Morgan fingerprint density at radius 3 is 2.66 bits per heavy atom. The van der Waals surface area contributed by atoms with Crippen molar-refractivity contribution in [1.82, 2.24) is 19.9 Å². The van der Waals surface area contributed by atoms with Crippen molar-refractivity contribution in [2.24, 2.45) is 5.92 Å². The van der Waals surface area contributed by atoms with Gasteiger partial charge in [0.1, 0.15) is 5.52 Å². The normalized spacial score (nSPS) is 14.9. The lowest BCUT2D eigenvalue weighted by Crippen LogP contribution is -2.38.